The normalized spacial score (nSPS) is 0. The molecular weight excluding hydrogens is 242 g/mol. The van der Waals surface area contributed by atoms with E-state index in [-0.39, 0.29) is 94.1 Å². The molecule has 0 atom stereocenters. The third kappa shape index (κ3) is 20.0. The number of halogens is 3. The molecule has 0 unspecified atom stereocenters. The van der Waals surface area contributed by atoms with Crippen molar-refractivity contribution in [3.05, 3.63) is 0 Å². The summed E-state index contributed by atoms with van der Waals surface area (Å²) < 4.78 is 0. The van der Waals surface area contributed by atoms with Crippen LogP contribution in [0.5, 0.6) is 0 Å². The van der Waals surface area contributed by atoms with Crippen LogP contribution in [-0.2, 0) is 27.3 Å². The maximum Gasteiger partial charge on any atom is 2.00 e. The van der Waals surface area contributed by atoms with E-state index in [9.17, 15) is 0 Å². The molecule has 0 N–H and O–H groups in total. The van der Waals surface area contributed by atoms with Crippen molar-refractivity contribution < 1.29 is 94.1 Å². The molecule has 0 heterocycles. The molecule has 0 amide bonds. The van der Waals surface area contributed by atoms with E-state index in [1.165, 1.54) is 0 Å². The van der Waals surface area contributed by atoms with Gasteiger partial charge in [0, 0.05) is 0 Å². The van der Waals surface area contributed by atoms with Crippen molar-refractivity contribution in [1.82, 2.24) is 0 Å². The minimum absolute atomic E-state index is 0. The summed E-state index contributed by atoms with van der Waals surface area (Å²) in [5.74, 6) is 0. The van der Waals surface area contributed by atoms with Crippen molar-refractivity contribution in [3.63, 3.8) is 0 Å². The molecule has 5 heteroatoms. The topological polar surface area (TPSA) is 0 Å². The van der Waals surface area contributed by atoms with Gasteiger partial charge in [0.05, 0.1) is 0 Å². The van der Waals surface area contributed by atoms with Gasteiger partial charge in [0.25, 0.3) is 0 Å². The summed E-state index contributed by atoms with van der Waals surface area (Å²) in [6, 6.07) is 0. The molecule has 5 heavy (non-hydrogen) atoms. The van der Waals surface area contributed by atoms with E-state index in [0.717, 1.165) is 0 Å². The molecule has 24 valence electrons. The molecule has 0 fully saturated rings. The van der Waals surface area contributed by atoms with Crippen LogP contribution in [0.25, 0.3) is 0 Å². The third-order valence-electron chi connectivity index (χ3n) is 0. The van der Waals surface area contributed by atoms with Gasteiger partial charge in [-0.1, -0.05) is 0 Å². The first-order chi connectivity index (χ1) is 0. The zero-order chi connectivity index (χ0) is 0. The molecule has 0 radical (unpaired) electrons. The molecule has 0 nitrogen and oxygen atoms in total. The summed E-state index contributed by atoms with van der Waals surface area (Å²) in [5.41, 5.74) is 0. The van der Waals surface area contributed by atoms with E-state index in [4.69, 9.17) is 0 Å². The van der Waals surface area contributed by atoms with Crippen LogP contribution in [0, 0.1) is 0 Å². The van der Waals surface area contributed by atoms with Crippen molar-refractivity contribution in [2.24, 2.45) is 0 Å². The summed E-state index contributed by atoms with van der Waals surface area (Å²) in [7, 11) is 0. The molecule has 0 spiro atoms. The van der Waals surface area contributed by atoms with Crippen molar-refractivity contribution in [3.8, 4) is 0 Å². The Labute approximate surface area is 92.5 Å². The van der Waals surface area contributed by atoms with Gasteiger partial charge in [-0.3, -0.25) is 0 Å². The molecule has 0 aliphatic rings. The van der Waals surface area contributed by atoms with Gasteiger partial charge in [0.15, 0.2) is 0 Å². The van der Waals surface area contributed by atoms with E-state index < -0.39 is 0 Å². The minimum atomic E-state index is 0. The molecule has 0 saturated carbocycles. The second kappa shape index (κ2) is 29.2. The van der Waals surface area contributed by atoms with Gasteiger partial charge in [0.1, 0.15) is 0 Å². The molecule has 0 bridgehead atoms. The van der Waals surface area contributed by atoms with Gasteiger partial charge in [-0.15, -0.1) is 0 Å². The zero-order valence-electron chi connectivity index (χ0n) is 2.84. The first-order valence-corrected chi connectivity index (χ1v) is 0. The Kier molecular flexibility index (Phi) is 270. The Morgan fingerprint density at radius 2 is 0.600 bits per heavy atom. The predicted molar refractivity (Wildman–Crippen MR) is 0 cm³/mol. The van der Waals surface area contributed by atoms with E-state index in [1.54, 1.807) is 0 Å². The van der Waals surface area contributed by atoms with E-state index in [0.29, 0.717) is 0 Å². The fourth-order valence-electron chi connectivity index (χ4n) is 0. The molecule has 0 aromatic heterocycles. The van der Waals surface area contributed by atoms with Crippen LogP contribution in [-0.4, -0.2) is 0 Å². The Bertz CT molecular complexity index is 6.85. The summed E-state index contributed by atoms with van der Waals surface area (Å²) in [5, 5.41) is 0. The van der Waals surface area contributed by atoms with Gasteiger partial charge in [-0.2, -0.15) is 0 Å². The number of hydrogen-bond donors (Lipinski definition) is 0. The van der Waals surface area contributed by atoms with Gasteiger partial charge in [-0.25, -0.2) is 0 Å². The Morgan fingerprint density at radius 1 is 0.600 bits per heavy atom. The fourth-order valence-corrected chi connectivity index (χ4v) is 0. The van der Waals surface area contributed by atoms with Gasteiger partial charge >= 0.3 is 56.9 Å². The Hall–Kier alpha value is 2.79. The third-order valence-corrected chi connectivity index (χ3v) is 0. The molecular formula is CdCl3Na. The SMILES string of the molecule is [Cd+2].[Cl-].[Cl-].[Cl-].[Na+]. The first-order valence-electron chi connectivity index (χ1n) is 0. The fraction of sp³-hybridized carbons (Fsp3) is 0. The summed E-state index contributed by atoms with van der Waals surface area (Å²) in [6.45, 7) is 0. The van der Waals surface area contributed by atoms with Crippen LogP contribution >= 0.6 is 0 Å². The number of hydrogen-bond acceptors (Lipinski definition) is 0. The molecule has 0 saturated heterocycles. The molecule has 0 rings (SSSR count). The standard InChI is InChI=1S/Cd.3ClH.Na/h;3*1H;/q+2;;;;+1/p-3. The molecule has 0 aromatic rings. The number of rotatable bonds is 0. The summed E-state index contributed by atoms with van der Waals surface area (Å²) in [4.78, 5) is 0. The smallest absolute Gasteiger partial charge is 1.00 e. The van der Waals surface area contributed by atoms with Gasteiger partial charge in [-0.05, 0) is 0 Å². The maximum atomic E-state index is 0. The van der Waals surface area contributed by atoms with Gasteiger partial charge in [0.2, 0.25) is 0 Å². The summed E-state index contributed by atoms with van der Waals surface area (Å²) in [6.07, 6.45) is 0. The molecule has 0 aliphatic heterocycles. The van der Waals surface area contributed by atoms with Gasteiger partial charge < -0.3 is 37.2 Å². The second-order valence-corrected chi connectivity index (χ2v) is 0. The maximum absolute atomic E-state index is 0. The molecule has 0 aromatic carbocycles. The van der Waals surface area contributed by atoms with Crippen molar-refractivity contribution in [2.45, 2.75) is 0 Å². The zero-order valence-corrected chi connectivity index (χ0v) is 11.1. The van der Waals surface area contributed by atoms with E-state index in [2.05, 4.69) is 0 Å². The van der Waals surface area contributed by atoms with Crippen molar-refractivity contribution in [2.75, 3.05) is 0 Å². The quantitative estimate of drug-likeness (QED) is 0.370. The van der Waals surface area contributed by atoms with Crippen molar-refractivity contribution in [1.29, 1.82) is 0 Å². The monoisotopic (exact) mass is 242 g/mol. The second-order valence-electron chi connectivity index (χ2n) is 0. The minimum Gasteiger partial charge on any atom is -1.00 e. The van der Waals surface area contributed by atoms with E-state index >= 15 is 0 Å². The van der Waals surface area contributed by atoms with Crippen LogP contribution in [0.1, 0.15) is 0 Å². The summed E-state index contributed by atoms with van der Waals surface area (Å²) >= 11 is 0. The average Bonchev–Trinajstić information content (AvgIpc) is 0. The average molecular weight is 242 g/mol. The van der Waals surface area contributed by atoms with Crippen molar-refractivity contribution >= 4 is 0 Å². The van der Waals surface area contributed by atoms with Crippen LogP contribution in [0.15, 0.2) is 0 Å². The molecule has 0 aliphatic carbocycles. The van der Waals surface area contributed by atoms with Crippen LogP contribution in [0.4, 0.5) is 0 Å². The largest absolute Gasteiger partial charge is 2.00 e. The van der Waals surface area contributed by atoms with Crippen LogP contribution in [0.2, 0.25) is 0 Å². The predicted octanol–water partition coefficient (Wildman–Crippen LogP) is -12.0. The van der Waals surface area contributed by atoms with Crippen LogP contribution < -0.4 is 66.8 Å². The Balaban J connectivity index is 0. The first kappa shape index (κ1) is 46.1. The Morgan fingerprint density at radius 3 is 0.600 bits per heavy atom. The van der Waals surface area contributed by atoms with E-state index in [1.807, 2.05) is 0 Å². The van der Waals surface area contributed by atoms with Crippen LogP contribution in [0.3, 0.4) is 0 Å².